The van der Waals surface area contributed by atoms with E-state index in [0.29, 0.717) is 42.4 Å². The second-order valence-corrected chi connectivity index (χ2v) is 6.87. The maximum atomic E-state index is 13.4. The molecule has 1 saturated heterocycles. The summed E-state index contributed by atoms with van der Waals surface area (Å²) in [5, 5.41) is 2.94. The number of methoxy groups -OCH3 is 1. The third-order valence-electron chi connectivity index (χ3n) is 4.89. The molecule has 1 N–H and O–H groups in total. The van der Waals surface area contributed by atoms with E-state index in [1.54, 1.807) is 30.3 Å². The van der Waals surface area contributed by atoms with Crippen LogP contribution in [0.1, 0.15) is 16.8 Å². The zero-order valence-electron chi connectivity index (χ0n) is 16.3. The van der Waals surface area contributed by atoms with Gasteiger partial charge in [-0.05, 0) is 42.7 Å². The summed E-state index contributed by atoms with van der Waals surface area (Å²) in [6.07, 6.45) is 2.49. The van der Waals surface area contributed by atoms with Gasteiger partial charge in [0.2, 0.25) is 0 Å². The Labute approximate surface area is 168 Å². The maximum Gasteiger partial charge on any atom is 0.251 e. The van der Waals surface area contributed by atoms with Crippen molar-refractivity contribution in [3.05, 3.63) is 66.3 Å². The molecular weight excluding hydrogens is 378 g/mol. The predicted octanol–water partition coefficient (Wildman–Crippen LogP) is 3.79. The first-order chi connectivity index (χ1) is 14.0. The molecule has 3 rings (SSSR count). The first kappa shape index (κ1) is 20.6. The number of carbonyl (C=O) groups excluding carboxylic acids is 1. The number of benzene rings is 2. The van der Waals surface area contributed by atoms with Gasteiger partial charge in [0.05, 0.1) is 7.11 Å². The Morgan fingerprint density at radius 1 is 1.24 bits per heavy atom. The summed E-state index contributed by atoms with van der Waals surface area (Å²) < 4.78 is 37.3. The highest BCUT2D eigenvalue weighted by Crippen LogP contribution is 2.28. The van der Waals surface area contributed by atoms with E-state index in [1.807, 2.05) is 4.90 Å². The summed E-state index contributed by atoms with van der Waals surface area (Å²) in [4.78, 5) is 14.5. The highest BCUT2D eigenvalue weighted by molar-refractivity contribution is 5.94. The topological polar surface area (TPSA) is 50.8 Å². The molecule has 1 amide bonds. The van der Waals surface area contributed by atoms with E-state index >= 15 is 0 Å². The quantitative estimate of drug-likeness (QED) is 0.683. The number of anilines is 1. The van der Waals surface area contributed by atoms with Gasteiger partial charge in [-0.3, -0.25) is 4.79 Å². The van der Waals surface area contributed by atoms with Crippen LogP contribution in [0.5, 0.6) is 11.5 Å². The molecule has 5 nitrogen and oxygen atoms in total. The van der Waals surface area contributed by atoms with Gasteiger partial charge in [0.25, 0.3) is 5.91 Å². The molecule has 7 heteroatoms. The third-order valence-corrected chi connectivity index (χ3v) is 4.89. The molecule has 1 unspecified atom stereocenters. The predicted molar refractivity (Wildman–Crippen MR) is 108 cm³/mol. The Hall–Kier alpha value is -3.09. The molecule has 2 aromatic carbocycles. The van der Waals surface area contributed by atoms with Crippen LogP contribution in [0.3, 0.4) is 0 Å². The molecular formula is C22H24F2N2O3. The number of halogens is 2. The van der Waals surface area contributed by atoms with E-state index in [0.717, 1.165) is 19.0 Å². The molecule has 29 heavy (non-hydrogen) atoms. The molecule has 0 radical (unpaired) electrons. The van der Waals surface area contributed by atoms with E-state index < -0.39 is 11.6 Å². The summed E-state index contributed by atoms with van der Waals surface area (Å²) >= 11 is 0. The van der Waals surface area contributed by atoms with Crippen LogP contribution in [0.25, 0.3) is 0 Å². The minimum absolute atomic E-state index is 0.204. The van der Waals surface area contributed by atoms with Crippen molar-refractivity contribution in [3.63, 3.8) is 0 Å². The molecule has 0 spiro atoms. The molecule has 1 aliphatic heterocycles. The lowest BCUT2D eigenvalue weighted by molar-refractivity contribution is 0.0948. The summed E-state index contributed by atoms with van der Waals surface area (Å²) in [5.74, 6) is -0.664. The third kappa shape index (κ3) is 5.04. The lowest BCUT2D eigenvalue weighted by Gasteiger charge is -2.19. The fourth-order valence-corrected chi connectivity index (χ4v) is 3.33. The Morgan fingerprint density at radius 3 is 2.79 bits per heavy atom. The zero-order valence-corrected chi connectivity index (χ0v) is 16.3. The number of hydrogen-bond donors (Lipinski definition) is 1. The summed E-state index contributed by atoms with van der Waals surface area (Å²) in [6.45, 7) is 5.85. The van der Waals surface area contributed by atoms with E-state index in [4.69, 9.17) is 9.47 Å². The molecule has 154 valence electrons. The molecule has 1 heterocycles. The van der Waals surface area contributed by atoms with Crippen LogP contribution >= 0.6 is 0 Å². The highest BCUT2D eigenvalue weighted by Gasteiger charge is 2.24. The fraction of sp³-hybridized carbons (Fsp3) is 0.318. The van der Waals surface area contributed by atoms with Crippen LogP contribution < -0.4 is 19.7 Å². The van der Waals surface area contributed by atoms with Crippen molar-refractivity contribution in [1.82, 2.24) is 5.32 Å². The van der Waals surface area contributed by atoms with Gasteiger partial charge in [-0.25, -0.2) is 8.78 Å². The Bertz CT molecular complexity index is 888. The van der Waals surface area contributed by atoms with Crippen molar-refractivity contribution in [2.24, 2.45) is 5.92 Å². The molecule has 1 atom stereocenters. The molecule has 0 aliphatic carbocycles. The van der Waals surface area contributed by atoms with Gasteiger partial charge in [-0.15, -0.1) is 0 Å². The standard InChI is InChI=1S/C22H24F2N2O3/c1-3-10-29-20-7-4-16(11-21(20)28-2)22(27)25-13-15-8-9-26(14-15)17-5-6-18(23)19(24)12-17/h3-7,11-12,15H,1,8-10,13-14H2,2H3,(H,25,27). The Morgan fingerprint density at radius 2 is 2.07 bits per heavy atom. The van der Waals surface area contributed by atoms with Crippen molar-refractivity contribution in [1.29, 1.82) is 0 Å². The van der Waals surface area contributed by atoms with Crippen LogP contribution in [0, 0.1) is 17.6 Å². The largest absolute Gasteiger partial charge is 0.493 e. The number of ether oxygens (including phenoxy) is 2. The zero-order chi connectivity index (χ0) is 20.8. The number of nitrogens with one attached hydrogen (secondary N) is 1. The normalized spacial score (nSPS) is 15.8. The van der Waals surface area contributed by atoms with E-state index in [2.05, 4.69) is 11.9 Å². The number of carbonyl (C=O) groups is 1. The average Bonchev–Trinajstić information content (AvgIpc) is 3.21. The first-order valence-electron chi connectivity index (χ1n) is 9.41. The average molecular weight is 402 g/mol. The lowest BCUT2D eigenvalue weighted by atomic mass is 10.1. The van der Waals surface area contributed by atoms with Gasteiger partial charge < -0.3 is 19.7 Å². The van der Waals surface area contributed by atoms with Crippen molar-refractivity contribution in [2.45, 2.75) is 6.42 Å². The van der Waals surface area contributed by atoms with E-state index in [-0.39, 0.29) is 11.8 Å². The molecule has 0 saturated carbocycles. The number of hydrogen-bond acceptors (Lipinski definition) is 4. The lowest BCUT2D eigenvalue weighted by Crippen LogP contribution is -2.31. The first-order valence-corrected chi connectivity index (χ1v) is 9.41. The monoisotopic (exact) mass is 402 g/mol. The molecule has 0 aromatic heterocycles. The SMILES string of the molecule is C=CCOc1ccc(C(=O)NCC2CCN(c3ccc(F)c(F)c3)C2)cc1OC. The number of rotatable bonds is 8. The van der Waals surface area contributed by atoms with Gasteiger partial charge in [0, 0.05) is 37.0 Å². The molecule has 1 aliphatic rings. The molecule has 2 aromatic rings. The van der Waals surface area contributed by atoms with Gasteiger partial charge in [0.15, 0.2) is 23.1 Å². The van der Waals surface area contributed by atoms with E-state index in [9.17, 15) is 13.6 Å². The van der Waals surface area contributed by atoms with Crippen LogP contribution in [-0.4, -0.2) is 39.3 Å². The minimum atomic E-state index is -0.854. The summed E-state index contributed by atoms with van der Waals surface area (Å²) in [5.41, 5.74) is 1.13. The summed E-state index contributed by atoms with van der Waals surface area (Å²) in [6, 6.07) is 8.92. The molecule has 0 bridgehead atoms. The van der Waals surface area contributed by atoms with Gasteiger partial charge in [0.1, 0.15) is 6.61 Å². The smallest absolute Gasteiger partial charge is 0.251 e. The van der Waals surface area contributed by atoms with Crippen molar-refractivity contribution in [3.8, 4) is 11.5 Å². The van der Waals surface area contributed by atoms with Crippen LogP contribution in [0.2, 0.25) is 0 Å². The van der Waals surface area contributed by atoms with Crippen molar-refractivity contribution < 1.29 is 23.0 Å². The summed E-state index contributed by atoms with van der Waals surface area (Å²) in [7, 11) is 1.52. The minimum Gasteiger partial charge on any atom is -0.493 e. The highest BCUT2D eigenvalue weighted by atomic mass is 19.2. The Balaban J connectivity index is 1.55. The van der Waals surface area contributed by atoms with Gasteiger partial charge in [-0.2, -0.15) is 0 Å². The van der Waals surface area contributed by atoms with Crippen molar-refractivity contribution >= 4 is 11.6 Å². The van der Waals surface area contributed by atoms with Gasteiger partial charge >= 0.3 is 0 Å². The van der Waals surface area contributed by atoms with Crippen LogP contribution in [-0.2, 0) is 0 Å². The number of amides is 1. The van der Waals surface area contributed by atoms with Crippen molar-refractivity contribution in [2.75, 3.05) is 38.3 Å². The second-order valence-electron chi connectivity index (χ2n) is 6.87. The van der Waals surface area contributed by atoms with Gasteiger partial charge in [-0.1, -0.05) is 12.7 Å². The van der Waals surface area contributed by atoms with Crippen LogP contribution in [0.15, 0.2) is 49.1 Å². The Kier molecular flexibility index (Phi) is 6.69. The van der Waals surface area contributed by atoms with Crippen LogP contribution in [0.4, 0.5) is 14.5 Å². The number of nitrogens with zero attached hydrogens (tertiary/aromatic N) is 1. The van der Waals surface area contributed by atoms with E-state index in [1.165, 1.54) is 13.2 Å². The fourth-order valence-electron chi connectivity index (χ4n) is 3.33. The molecule has 1 fully saturated rings. The second kappa shape index (κ2) is 9.41. The maximum absolute atomic E-state index is 13.4.